The molecule has 1 amide bonds. The number of aliphatic carboxylic acids is 1. The molecule has 2 aromatic heterocycles. The molecule has 5 atom stereocenters. The molecule has 4 rings (SSSR count). The Labute approximate surface area is 193 Å². The quantitative estimate of drug-likeness (QED) is 0.185. The predicted octanol–water partition coefficient (Wildman–Crippen LogP) is -3.01. The third kappa shape index (κ3) is 3.57. The Morgan fingerprint density at radius 2 is 2.10 bits per heavy atom. The molecular formula is C19H25ClN4O5S2. The number of carbonyl (C=O) groups excluding carboxylic acids is 1. The first-order valence-corrected chi connectivity index (χ1v) is 11.7. The first-order valence-electron chi connectivity index (χ1n) is 9.66. The van der Waals surface area contributed by atoms with Gasteiger partial charge in [-0.25, -0.2) is 9.36 Å². The second-order valence-corrected chi connectivity index (χ2v) is 9.62. The number of hydrogen-bond acceptors (Lipinski definition) is 7. The third-order valence-corrected chi connectivity index (χ3v) is 8.00. The Morgan fingerprint density at radius 3 is 2.65 bits per heavy atom. The highest BCUT2D eigenvalue weighted by molar-refractivity contribution is 7.98. The highest BCUT2D eigenvalue weighted by Gasteiger charge is 2.60. The number of aliphatic hydroxyl groups excluding tert-OH is 2. The van der Waals surface area contributed by atoms with Gasteiger partial charge in [-0.05, 0) is 13.2 Å². The first kappa shape index (κ1) is 24.0. The van der Waals surface area contributed by atoms with Crippen LogP contribution in [0.15, 0.2) is 23.2 Å². The molecule has 0 bridgehead atoms. The Kier molecular flexibility index (Phi) is 6.76. The number of thiazole rings is 1. The number of carboxylic acid groups (broad SMARTS) is 1. The van der Waals surface area contributed by atoms with E-state index in [0.29, 0.717) is 12.1 Å². The van der Waals surface area contributed by atoms with Crippen molar-refractivity contribution in [3.63, 3.8) is 0 Å². The lowest BCUT2D eigenvalue weighted by Crippen LogP contribution is -3.00. The molecule has 5 N–H and O–H groups in total. The highest BCUT2D eigenvalue weighted by Crippen LogP contribution is 2.51. The number of aliphatic hydroxyl groups is 2. The van der Waals surface area contributed by atoms with Crippen molar-refractivity contribution < 1.29 is 41.9 Å². The fraction of sp³-hybridized carbons (Fsp3) is 0.526. The smallest absolute Gasteiger partial charge is 0.352 e. The minimum Gasteiger partial charge on any atom is -1.00 e. The average molecular weight is 489 g/mol. The summed E-state index contributed by atoms with van der Waals surface area (Å²) in [6, 6.07) is -0.343. The van der Waals surface area contributed by atoms with Gasteiger partial charge in [-0.3, -0.25) is 4.79 Å². The van der Waals surface area contributed by atoms with Crippen molar-refractivity contribution in [2.24, 2.45) is 17.6 Å². The van der Waals surface area contributed by atoms with Crippen molar-refractivity contribution >= 4 is 45.4 Å². The van der Waals surface area contributed by atoms with Crippen LogP contribution in [0.25, 0.3) is 10.4 Å². The van der Waals surface area contributed by atoms with E-state index in [1.54, 1.807) is 6.92 Å². The maximum atomic E-state index is 12.5. The average Bonchev–Trinajstić information content (AvgIpc) is 3.28. The van der Waals surface area contributed by atoms with Crippen LogP contribution in [0.3, 0.4) is 0 Å². The Morgan fingerprint density at radius 1 is 1.42 bits per heavy atom. The number of nitrogens with zero attached hydrogens (tertiary/aromatic N) is 3. The molecule has 9 nitrogen and oxygen atoms in total. The summed E-state index contributed by atoms with van der Waals surface area (Å²) in [5.74, 6) is -2.27. The van der Waals surface area contributed by atoms with Crippen molar-refractivity contribution in [2.75, 3.05) is 12.8 Å². The van der Waals surface area contributed by atoms with Gasteiger partial charge in [0, 0.05) is 18.0 Å². The molecule has 0 aromatic carbocycles. The zero-order valence-electron chi connectivity index (χ0n) is 17.2. The van der Waals surface area contributed by atoms with Crippen LogP contribution in [0, 0.1) is 11.8 Å². The number of aromatic nitrogens is 2. The van der Waals surface area contributed by atoms with E-state index in [-0.39, 0.29) is 42.5 Å². The molecule has 2 aliphatic rings. The van der Waals surface area contributed by atoms with E-state index in [1.807, 2.05) is 34.7 Å². The van der Waals surface area contributed by atoms with E-state index in [4.69, 9.17) is 5.73 Å². The van der Waals surface area contributed by atoms with E-state index in [1.165, 1.54) is 28.0 Å². The van der Waals surface area contributed by atoms with Gasteiger partial charge in [0.25, 0.3) is 6.33 Å². The molecule has 1 saturated heterocycles. The summed E-state index contributed by atoms with van der Waals surface area (Å²) >= 11 is 2.99. The molecule has 12 heteroatoms. The lowest BCUT2D eigenvalue weighted by molar-refractivity contribution is -0.735. The summed E-state index contributed by atoms with van der Waals surface area (Å²) in [5, 5.41) is 30.7. The zero-order valence-corrected chi connectivity index (χ0v) is 19.6. The van der Waals surface area contributed by atoms with Crippen molar-refractivity contribution in [3.05, 3.63) is 23.1 Å². The molecule has 4 heterocycles. The van der Waals surface area contributed by atoms with Gasteiger partial charge in [0.15, 0.2) is 0 Å². The summed E-state index contributed by atoms with van der Waals surface area (Å²) in [5.41, 5.74) is 6.17. The highest BCUT2D eigenvalue weighted by atomic mass is 35.5. The van der Waals surface area contributed by atoms with Gasteiger partial charge in [-0.1, -0.05) is 30.0 Å². The number of fused-ring (bicyclic) bond motifs is 2. The van der Waals surface area contributed by atoms with Crippen LogP contribution in [0.1, 0.15) is 18.7 Å². The number of carboxylic acids is 1. The lowest BCUT2D eigenvalue weighted by atomic mass is 9.77. The largest absolute Gasteiger partial charge is 1.00 e. The molecule has 31 heavy (non-hydrogen) atoms. The molecule has 0 radical (unpaired) electrons. The number of β-lactam (4-membered cyclic amide) rings is 1. The van der Waals surface area contributed by atoms with Crippen molar-refractivity contribution in [2.45, 2.75) is 43.7 Å². The van der Waals surface area contributed by atoms with Gasteiger partial charge in [-0.15, -0.1) is 0 Å². The number of rotatable bonds is 7. The summed E-state index contributed by atoms with van der Waals surface area (Å²) in [7, 11) is 0. The zero-order chi connectivity index (χ0) is 21.9. The lowest BCUT2D eigenvalue weighted by Gasteiger charge is -2.46. The molecule has 0 aliphatic carbocycles. The number of thioether (sulfide) groups is 1. The minimum atomic E-state index is -1.14. The van der Waals surface area contributed by atoms with Crippen LogP contribution in [-0.4, -0.2) is 67.5 Å². The summed E-state index contributed by atoms with van der Waals surface area (Å²) in [6.45, 7) is 4.01. The number of nitrogens with two attached hydrogens (primary N) is 1. The molecule has 2 aliphatic heterocycles. The second kappa shape index (κ2) is 8.72. The maximum Gasteiger partial charge on any atom is 0.352 e. The van der Waals surface area contributed by atoms with Crippen LogP contribution in [0.5, 0.6) is 0 Å². The van der Waals surface area contributed by atoms with Crippen LogP contribution in [-0.2, 0) is 16.1 Å². The molecule has 0 unspecified atom stereocenters. The molecule has 0 spiro atoms. The van der Waals surface area contributed by atoms with E-state index in [9.17, 15) is 24.9 Å². The predicted molar refractivity (Wildman–Crippen MR) is 112 cm³/mol. The number of hydrogen-bond donors (Lipinski definition) is 4. The van der Waals surface area contributed by atoms with Crippen LogP contribution < -0.4 is 22.7 Å². The number of imidazole rings is 1. The first-order chi connectivity index (χ1) is 14.2. The van der Waals surface area contributed by atoms with Gasteiger partial charge >= 0.3 is 5.97 Å². The normalized spacial score (nSPS) is 24.8. The third-order valence-electron chi connectivity index (χ3n) is 5.92. The number of halogens is 1. The summed E-state index contributed by atoms with van der Waals surface area (Å²) < 4.78 is 3.85. The van der Waals surface area contributed by atoms with E-state index in [2.05, 4.69) is 0 Å². The van der Waals surface area contributed by atoms with E-state index < -0.39 is 24.1 Å². The summed E-state index contributed by atoms with van der Waals surface area (Å²) in [6.07, 6.45) is 4.19. The molecule has 170 valence electrons. The maximum absolute atomic E-state index is 12.5. The summed E-state index contributed by atoms with van der Waals surface area (Å²) in [4.78, 5) is 27.7. The molecule has 2 aromatic rings. The van der Waals surface area contributed by atoms with Gasteiger partial charge in [0.05, 0.1) is 22.9 Å². The fourth-order valence-corrected chi connectivity index (χ4v) is 6.78. The topological polar surface area (TPSA) is 132 Å². The monoisotopic (exact) mass is 488 g/mol. The SMILES string of the molecule is CSc1c2sc(C3=C(C(=O)O)N4C(=O)[C@H]([C@@H](C)O)[C@H]4[C@H]3C)cn2c[n+]1C[C@H](O)CN.[Cl-]. The molecular weight excluding hydrogens is 464 g/mol. The standard InChI is InChI=1S/C19H24N4O5S2.ClH/c1-8-12(15(19(27)28)23-14(8)13(9(2)24)16(23)26)11-6-22-7-21(5-10(25)4-20)17(29-3)18(22)30-11;/h6-10,13-14,24-25H,4-5,20H2,1-3H3;1H/t8-,9+,10+,13+,14+;/m0./s1. The second-order valence-electron chi connectivity index (χ2n) is 7.80. The minimum absolute atomic E-state index is 0. The number of amides is 1. The van der Waals surface area contributed by atoms with E-state index >= 15 is 0 Å². The van der Waals surface area contributed by atoms with Gasteiger partial charge in [0.2, 0.25) is 15.8 Å². The Balaban J connectivity index is 0.00000272. The van der Waals surface area contributed by atoms with Crippen molar-refractivity contribution in [1.29, 1.82) is 0 Å². The van der Waals surface area contributed by atoms with Crippen molar-refractivity contribution in [1.82, 2.24) is 9.30 Å². The van der Waals surface area contributed by atoms with Gasteiger partial charge in [0.1, 0.15) is 24.5 Å². The van der Waals surface area contributed by atoms with Gasteiger partial charge in [-0.2, -0.15) is 4.40 Å². The molecule has 1 fully saturated rings. The fourth-order valence-electron chi connectivity index (χ4n) is 4.59. The van der Waals surface area contributed by atoms with Gasteiger partial charge < -0.3 is 38.4 Å². The van der Waals surface area contributed by atoms with Crippen LogP contribution in [0.2, 0.25) is 0 Å². The Hall–Kier alpha value is -1.63. The molecule has 0 saturated carbocycles. The number of carbonyl (C=O) groups is 2. The van der Waals surface area contributed by atoms with E-state index in [0.717, 1.165) is 14.7 Å². The van der Waals surface area contributed by atoms with Crippen LogP contribution >= 0.6 is 23.1 Å². The Bertz CT molecular complexity index is 1070. The van der Waals surface area contributed by atoms with Crippen molar-refractivity contribution in [3.8, 4) is 0 Å². The van der Waals surface area contributed by atoms with Crippen LogP contribution in [0.4, 0.5) is 0 Å².